The zero-order valence-corrected chi connectivity index (χ0v) is 17.0. The number of rotatable bonds is 6. The van der Waals surface area contributed by atoms with Crippen LogP contribution < -0.4 is 5.32 Å². The van der Waals surface area contributed by atoms with Crippen molar-refractivity contribution in [2.45, 2.75) is 50.1 Å². The maximum Gasteiger partial charge on any atom is 0.237 e. The molecule has 4 rings (SSSR count). The number of aromatic nitrogens is 4. The molecule has 28 heavy (non-hydrogen) atoms. The fourth-order valence-corrected chi connectivity index (χ4v) is 3.95. The van der Waals surface area contributed by atoms with Crippen LogP contribution in [0.25, 0.3) is 11.4 Å². The molecule has 0 unspecified atom stereocenters. The molecule has 3 aromatic rings. The SMILES string of the molecule is Cc1ccc(C)c(NC(=O)[C@@H](C)Sc2nnc(-c3cccnc3)n2C2CC2)c1. The van der Waals surface area contributed by atoms with E-state index >= 15 is 0 Å². The Bertz CT molecular complexity index is 997. The van der Waals surface area contributed by atoms with Gasteiger partial charge in [0.1, 0.15) is 0 Å². The molecule has 1 fully saturated rings. The predicted molar refractivity (Wildman–Crippen MR) is 111 cm³/mol. The summed E-state index contributed by atoms with van der Waals surface area (Å²) in [6, 6.07) is 10.4. The Kier molecular flexibility index (Phi) is 5.17. The molecule has 1 amide bonds. The molecule has 144 valence electrons. The lowest BCUT2D eigenvalue weighted by Gasteiger charge is -2.15. The quantitative estimate of drug-likeness (QED) is 0.628. The molecule has 1 aromatic carbocycles. The first kappa shape index (κ1) is 18.7. The number of pyridine rings is 1. The third-order valence-electron chi connectivity index (χ3n) is 4.80. The molecule has 0 saturated heterocycles. The Morgan fingerprint density at radius 2 is 2.07 bits per heavy atom. The topological polar surface area (TPSA) is 72.7 Å². The van der Waals surface area contributed by atoms with Gasteiger partial charge in [0.15, 0.2) is 11.0 Å². The average molecular weight is 394 g/mol. The second-order valence-corrected chi connectivity index (χ2v) is 8.52. The molecule has 2 aromatic heterocycles. The maximum absolute atomic E-state index is 12.8. The van der Waals surface area contributed by atoms with Gasteiger partial charge in [0.25, 0.3) is 0 Å². The van der Waals surface area contributed by atoms with Crippen LogP contribution in [0.1, 0.15) is 36.9 Å². The second kappa shape index (κ2) is 7.75. The van der Waals surface area contributed by atoms with Gasteiger partial charge in [-0.1, -0.05) is 23.9 Å². The number of benzene rings is 1. The lowest BCUT2D eigenvalue weighted by atomic mass is 10.1. The van der Waals surface area contributed by atoms with Crippen LogP contribution in [-0.4, -0.2) is 30.9 Å². The summed E-state index contributed by atoms with van der Waals surface area (Å²) >= 11 is 1.45. The van der Waals surface area contributed by atoms with Crippen molar-refractivity contribution < 1.29 is 4.79 Å². The highest BCUT2D eigenvalue weighted by Crippen LogP contribution is 2.41. The van der Waals surface area contributed by atoms with E-state index in [-0.39, 0.29) is 11.2 Å². The number of hydrogen-bond acceptors (Lipinski definition) is 5. The first-order chi connectivity index (χ1) is 13.5. The molecule has 0 aliphatic heterocycles. The monoisotopic (exact) mass is 393 g/mol. The summed E-state index contributed by atoms with van der Waals surface area (Å²) in [5.74, 6) is 0.784. The normalized spacial score (nSPS) is 14.7. The number of aryl methyl sites for hydroxylation is 2. The number of thioether (sulfide) groups is 1. The highest BCUT2D eigenvalue weighted by atomic mass is 32.2. The Balaban J connectivity index is 1.53. The third kappa shape index (κ3) is 3.94. The van der Waals surface area contributed by atoms with Crippen molar-refractivity contribution in [3.05, 3.63) is 53.9 Å². The number of hydrogen-bond donors (Lipinski definition) is 1. The predicted octanol–water partition coefficient (Wildman–Crippen LogP) is 4.41. The molecule has 0 spiro atoms. The minimum atomic E-state index is -0.289. The minimum absolute atomic E-state index is 0.0352. The summed E-state index contributed by atoms with van der Waals surface area (Å²) in [4.78, 5) is 16.9. The number of carbonyl (C=O) groups is 1. The van der Waals surface area contributed by atoms with E-state index in [1.807, 2.05) is 51.1 Å². The number of anilines is 1. The molecular formula is C21H23N5OS. The van der Waals surface area contributed by atoms with E-state index in [1.54, 1.807) is 12.4 Å². The van der Waals surface area contributed by atoms with Crippen LogP contribution in [0.15, 0.2) is 47.9 Å². The molecule has 6 nitrogen and oxygen atoms in total. The second-order valence-electron chi connectivity index (χ2n) is 7.22. The van der Waals surface area contributed by atoms with Crippen LogP contribution in [-0.2, 0) is 4.79 Å². The van der Waals surface area contributed by atoms with Crippen molar-refractivity contribution in [2.75, 3.05) is 5.32 Å². The molecule has 2 heterocycles. The summed E-state index contributed by atoms with van der Waals surface area (Å²) in [6.45, 7) is 5.92. The van der Waals surface area contributed by atoms with Gasteiger partial charge in [0, 0.05) is 29.7 Å². The fourth-order valence-electron chi connectivity index (χ4n) is 3.03. The van der Waals surface area contributed by atoms with Crippen LogP contribution in [0.4, 0.5) is 5.69 Å². The van der Waals surface area contributed by atoms with E-state index in [4.69, 9.17) is 0 Å². The van der Waals surface area contributed by atoms with Crippen LogP contribution >= 0.6 is 11.8 Å². The lowest BCUT2D eigenvalue weighted by molar-refractivity contribution is -0.115. The summed E-state index contributed by atoms with van der Waals surface area (Å²) in [7, 11) is 0. The Hall–Kier alpha value is -2.67. The highest BCUT2D eigenvalue weighted by molar-refractivity contribution is 8.00. The summed E-state index contributed by atoms with van der Waals surface area (Å²) in [5.41, 5.74) is 3.98. The van der Waals surface area contributed by atoms with E-state index in [1.165, 1.54) is 11.8 Å². The van der Waals surface area contributed by atoms with Gasteiger partial charge in [0.05, 0.1) is 5.25 Å². The molecule has 0 radical (unpaired) electrons. The van der Waals surface area contributed by atoms with Crippen molar-refractivity contribution in [3.63, 3.8) is 0 Å². The first-order valence-electron chi connectivity index (χ1n) is 9.43. The Morgan fingerprint density at radius 1 is 1.25 bits per heavy atom. The third-order valence-corrected chi connectivity index (χ3v) is 5.86. The minimum Gasteiger partial charge on any atom is -0.325 e. The molecule has 1 atom stereocenters. The van der Waals surface area contributed by atoms with Crippen molar-refractivity contribution in [3.8, 4) is 11.4 Å². The largest absolute Gasteiger partial charge is 0.325 e. The van der Waals surface area contributed by atoms with Crippen molar-refractivity contribution in [1.29, 1.82) is 0 Å². The summed E-state index contributed by atoms with van der Waals surface area (Å²) < 4.78 is 2.16. The van der Waals surface area contributed by atoms with Crippen LogP contribution in [0, 0.1) is 13.8 Å². The van der Waals surface area contributed by atoms with Gasteiger partial charge in [-0.25, -0.2) is 0 Å². The van der Waals surface area contributed by atoms with Crippen molar-refractivity contribution >= 4 is 23.4 Å². The van der Waals surface area contributed by atoms with Gasteiger partial charge in [-0.2, -0.15) is 0 Å². The molecule has 1 N–H and O–H groups in total. The van der Waals surface area contributed by atoms with Gasteiger partial charge in [0.2, 0.25) is 5.91 Å². The maximum atomic E-state index is 12.8. The summed E-state index contributed by atoms with van der Waals surface area (Å²) in [5, 5.41) is 12.3. The van der Waals surface area contributed by atoms with Gasteiger partial charge >= 0.3 is 0 Å². The van der Waals surface area contributed by atoms with E-state index in [0.29, 0.717) is 6.04 Å². The highest BCUT2D eigenvalue weighted by Gasteiger charge is 2.31. The first-order valence-corrected chi connectivity index (χ1v) is 10.3. The van der Waals surface area contributed by atoms with Crippen LogP contribution in [0.3, 0.4) is 0 Å². The van der Waals surface area contributed by atoms with Gasteiger partial charge in [-0.15, -0.1) is 10.2 Å². The molecule has 7 heteroatoms. The standard InChI is InChI=1S/C21H23N5OS/c1-13-6-7-14(2)18(11-13)23-20(27)15(3)28-21-25-24-19(26(21)17-8-9-17)16-5-4-10-22-12-16/h4-7,10-12,15,17H,8-9H2,1-3H3,(H,23,27)/t15-/m1/s1. The number of nitrogens with one attached hydrogen (secondary N) is 1. The van der Waals surface area contributed by atoms with Crippen molar-refractivity contribution in [1.82, 2.24) is 19.7 Å². The van der Waals surface area contributed by atoms with E-state index < -0.39 is 0 Å². The summed E-state index contributed by atoms with van der Waals surface area (Å²) in [6.07, 6.45) is 5.77. The molecule has 1 aliphatic carbocycles. The zero-order chi connectivity index (χ0) is 19.7. The van der Waals surface area contributed by atoms with Crippen LogP contribution in [0.2, 0.25) is 0 Å². The number of amides is 1. The number of carbonyl (C=O) groups excluding carboxylic acids is 1. The van der Waals surface area contributed by atoms with Gasteiger partial charge in [-0.3, -0.25) is 14.3 Å². The molecule has 0 bridgehead atoms. The van der Waals surface area contributed by atoms with E-state index in [9.17, 15) is 4.79 Å². The number of nitrogens with zero attached hydrogens (tertiary/aromatic N) is 4. The fraction of sp³-hybridized carbons (Fsp3) is 0.333. The Labute approximate surface area is 168 Å². The molecule has 1 aliphatic rings. The smallest absolute Gasteiger partial charge is 0.237 e. The van der Waals surface area contributed by atoms with Crippen LogP contribution in [0.5, 0.6) is 0 Å². The lowest BCUT2D eigenvalue weighted by Crippen LogP contribution is -2.23. The van der Waals surface area contributed by atoms with Gasteiger partial charge in [-0.05, 0) is 62.9 Å². The molecule has 1 saturated carbocycles. The Morgan fingerprint density at radius 3 is 2.79 bits per heavy atom. The van der Waals surface area contributed by atoms with Gasteiger partial charge < -0.3 is 5.32 Å². The van der Waals surface area contributed by atoms with E-state index in [0.717, 1.165) is 46.2 Å². The van der Waals surface area contributed by atoms with Crippen molar-refractivity contribution in [2.24, 2.45) is 0 Å². The average Bonchev–Trinajstić information content (AvgIpc) is 3.45. The zero-order valence-electron chi connectivity index (χ0n) is 16.2. The molecular weight excluding hydrogens is 370 g/mol. The van der Waals surface area contributed by atoms with E-state index in [2.05, 4.69) is 25.1 Å².